The van der Waals surface area contributed by atoms with Crippen LogP contribution in [0.1, 0.15) is 12.5 Å². The molecule has 0 bridgehead atoms. The molecule has 1 aromatic carbocycles. The SMILES string of the molecule is CC(CO)COc1ccc(Cl)cc1CO. The van der Waals surface area contributed by atoms with Crippen molar-refractivity contribution in [3.05, 3.63) is 28.8 Å². The topological polar surface area (TPSA) is 49.7 Å². The Morgan fingerprint density at radius 1 is 1.40 bits per heavy atom. The molecule has 0 spiro atoms. The third-order valence-electron chi connectivity index (χ3n) is 2.03. The molecule has 0 aromatic heterocycles. The number of hydrogen-bond donors (Lipinski definition) is 2. The molecule has 1 unspecified atom stereocenters. The molecule has 2 N–H and O–H groups in total. The molecule has 15 heavy (non-hydrogen) atoms. The van der Waals surface area contributed by atoms with Gasteiger partial charge in [-0.1, -0.05) is 18.5 Å². The fraction of sp³-hybridized carbons (Fsp3) is 0.455. The molecular weight excluding hydrogens is 216 g/mol. The fourth-order valence-electron chi connectivity index (χ4n) is 1.10. The maximum absolute atomic E-state index is 9.08. The molecule has 0 aliphatic rings. The third kappa shape index (κ3) is 3.70. The van der Waals surface area contributed by atoms with Crippen molar-refractivity contribution in [1.29, 1.82) is 0 Å². The summed E-state index contributed by atoms with van der Waals surface area (Å²) in [5.41, 5.74) is 0.660. The van der Waals surface area contributed by atoms with E-state index in [2.05, 4.69) is 0 Å². The first-order valence-electron chi connectivity index (χ1n) is 4.80. The Hall–Kier alpha value is -0.770. The van der Waals surface area contributed by atoms with Crippen LogP contribution in [0.3, 0.4) is 0 Å². The van der Waals surface area contributed by atoms with E-state index in [0.717, 1.165) is 0 Å². The number of hydrogen-bond acceptors (Lipinski definition) is 3. The van der Waals surface area contributed by atoms with Crippen molar-refractivity contribution in [1.82, 2.24) is 0 Å². The molecule has 0 radical (unpaired) electrons. The van der Waals surface area contributed by atoms with Gasteiger partial charge in [-0.2, -0.15) is 0 Å². The smallest absolute Gasteiger partial charge is 0.124 e. The van der Waals surface area contributed by atoms with Gasteiger partial charge < -0.3 is 14.9 Å². The van der Waals surface area contributed by atoms with Crippen LogP contribution >= 0.6 is 11.6 Å². The molecule has 0 aliphatic carbocycles. The first kappa shape index (κ1) is 12.3. The highest BCUT2D eigenvalue weighted by atomic mass is 35.5. The van der Waals surface area contributed by atoms with Crippen molar-refractivity contribution in [2.75, 3.05) is 13.2 Å². The molecule has 4 heteroatoms. The lowest BCUT2D eigenvalue weighted by Gasteiger charge is -2.13. The van der Waals surface area contributed by atoms with Gasteiger partial charge in [-0.15, -0.1) is 0 Å². The number of ether oxygens (including phenoxy) is 1. The van der Waals surface area contributed by atoms with Crippen LogP contribution in [-0.4, -0.2) is 23.4 Å². The quantitative estimate of drug-likeness (QED) is 0.812. The van der Waals surface area contributed by atoms with Gasteiger partial charge in [0.2, 0.25) is 0 Å². The largest absolute Gasteiger partial charge is 0.493 e. The number of aliphatic hydroxyl groups excluding tert-OH is 2. The van der Waals surface area contributed by atoms with E-state index < -0.39 is 0 Å². The van der Waals surface area contributed by atoms with Crippen molar-refractivity contribution in [3.8, 4) is 5.75 Å². The normalized spacial score (nSPS) is 12.5. The lowest BCUT2D eigenvalue weighted by Crippen LogP contribution is -2.12. The zero-order chi connectivity index (χ0) is 11.3. The zero-order valence-corrected chi connectivity index (χ0v) is 9.37. The zero-order valence-electron chi connectivity index (χ0n) is 8.61. The highest BCUT2D eigenvalue weighted by Gasteiger charge is 2.06. The van der Waals surface area contributed by atoms with Crippen molar-refractivity contribution in [2.24, 2.45) is 5.92 Å². The lowest BCUT2D eigenvalue weighted by molar-refractivity contribution is 0.171. The molecule has 0 saturated carbocycles. The van der Waals surface area contributed by atoms with E-state index >= 15 is 0 Å². The Bertz CT molecular complexity index is 315. The second-order valence-corrected chi connectivity index (χ2v) is 3.95. The first-order chi connectivity index (χ1) is 7.17. The van der Waals surface area contributed by atoms with E-state index in [1.165, 1.54) is 0 Å². The molecule has 3 nitrogen and oxygen atoms in total. The molecule has 0 heterocycles. The number of rotatable bonds is 5. The van der Waals surface area contributed by atoms with E-state index in [-0.39, 0.29) is 19.1 Å². The van der Waals surface area contributed by atoms with Crippen LogP contribution in [-0.2, 0) is 6.61 Å². The maximum atomic E-state index is 9.08. The van der Waals surface area contributed by atoms with Gasteiger partial charge in [0, 0.05) is 23.1 Å². The Morgan fingerprint density at radius 3 is 2.73 bits per heavy atom. The predicted octanol–water partition coefficient (Wildman–Crippen LogP) is 1.84. The summed E-state index contributed by atoms with van der Waals surface area (Å²) in [4.78, 5) is 0. The molecular formula is C11H15ClO3. The van der Waals surface area contributed by atoms with Gasteiger partial charge in [-0.3, -0.25) is 0 Å². The summed E-state index contributed by atoms with van der Waals surface area (Å²) in [5, 5.41) is 18.5. The summed E-state index contributed by atoms with van der Waals surface area (Å²) < 4.78 is 5.46. The monoisotopic (exact) mass is 230 g/mol. The van der Waals surface area contributed by atoms with E-state index in [1.54, 1.807) is 18.2 Å². The summed E-state index contributed by atoms with van der Waals surface area (Å²) >= 11 is 5.78. The minimum absolute atomic E-state index is 0.0761. The Kier molecular flexibility index (Phi) is 4.88. The number of benzene rings is 1. The van der Waals surface area contributed by atoms with Gasteiger partial charge in [-0.25, -0.2) is 0 Å². The summed E-state index contributed by atoms with van der Waals surface area (Å²) in [5.74, 6) is 0.689. The van der Waals surface area contributed by atoms with E-state index in [4.69, 9.17) is 26.6 Å². The standard InChI is InChI=1S/C11H15ClO3/c1-8(5-13)7-15-11-3-2-10(12)4-9(11)6-14/h2-4,8,13-14H,5-7H2,1H3. The van der Waals surface area contributed by atoms with Gasteiger partial charge in [-0.05, 0) is 18.2 Å². The average Bonchev–Trinajstić information content (AvgIpc) is 2.26. The second kappa shape index (κ2) is 5.95. The van der Waals surface area contributed by atoms with Crippen LogP contribution in [0.5, 0.6) is 5.75 Å². The molecule has 0 amide bonds. The van der Waals surface area contributed by atoms with Crippen LogP contribution in [0.15, 0.2) is 18.2 Å². The van der Waals surface area contributed by atoms with Crippen molar-refractivity contribution < 1.29 is 14.9 Å². The van der Waals surface area contributed by atoms with Crippen molar-refractivity contribution in [3.63, 3.8) is 0 Å². The first-order valence-corrected chi connectivity index (χ1v) is 5.18. The third-order valence-corrected chi connectivity index (χ3v) is 2.26. The van der Waals surface area contributed by atoms with Crippen molar-refractivity contribution in [2.45, 2.75) is 13.5 Å². The molecule has 0 saturated heterocycles. The summed E-state index contributed by atoms with van der Waals surface area (Å²) in [6.45, 7) is 2.28. The van der Waals surface area contributed by atoms with Gasteiger partial charge >= 0.3 is 0 Å². The Morgan fingerprint density at radius 2 is 2.13 bits per heavy atom. The molecule has 1 aromatic rings. The van der Waals surface area contributed by atoms with Gasteiger partial charge in [0.05, 0.1) is 13.2 Å². The van der Waals surface area contributed by atoms with Crippen molar-refractivity contribution >= 4 is 11.6 Å². The van der Waals surface area contributed by atoms with E-state index in [1.807, 2.05) is 6.92 Å². The fourth-order valence-corrected chi connectivity index (χ4v) is 1.29. The van der Waals surface area contributed by atoms with Gasteiger partial charge in [0.1, 0.15) is 5.75 Å². The minimum Gasteiger partial charge on any atom is -0.493 e. The highest BCUT2D eigenvalue weighted by Crippen LogP contribution is 2.23. The Balaban J connectivity index is 2.67. The molecule has 0 aliphatic heterocycles. The molecule has 0 fully saturated rings. The molecule has 84 valence electrons. The van der Waals surface area contributed by atoms with Crippen LogP contribution < -0.4 is 4.74 Å². The van der Waals surface area contributed by atoms with E-state index in [0.29, 0.717) is 22.9 Å². The van der Waals surface area contributed by atoms with E-state index in [9.17, 15) is 0 Å². The second-order valence-electron chi connectivity index (χ2n) is 3.51. The van der Waals surface area contributed by atoms with Crippen LogP contribution in [0.25, 0.3) is 0 Å². The number of aliphatic hydroxyl groups is 2. The summed E-state index contributed by atoms with van der Waals surface area (Å²) in [6, 6.07) is 5.10. The average molecular weight is 231 g/mol. The Labute approximate surface area is 94.3 Å². The lowest BCUT2D eigenvalue weighted by atomic mass is 10.2. The van der Waals surface area contributed by atoms with Crippen LogP contribution in [0, 0.1) is 5.92 Å². The minimum atomic E-state index is -0.108. The predicted molar refractivity (Wildman–Crippen MR) is 59.1 cm³/mol. The summed E-state index contributed by atoms with van der Waals surface area (Å²) in [7, 11) is 0. The molecule has 1 rings (SSSR count). The molecule has 1 atom stereocenters. The highest BCUT2D eigenvalue weighted by molar-refractivity contribution is 6.30. The van der Waals surface area contributed by atoms with Gasteiger partial charge in [0.15, 0.2) is 0 Å². The number of halogens is 1. The van der Waals surface area contributed by atoms with Gasteiger partial charge in [0.25, 0.3) is 0 Å². The van der Waals surface area contributed by atoms with Crippen LogP contribution in [0.4, 0.5) is 0 Å². The van der Waals surface area contributed by atoms with Crippen LogP contribution in [0.2, 0.25) is 5.02 Å². The summed E-state index contributed by atoms with van der Waals surface area (Å²) in [6.07, 6.45) is 0. The maximum Gasteiger partial charge on any atom is 0.124 e.